The Kier molecular flexibility index (Phi) is 4.58. The van der Waals surface area contributed by atoms with Crippen molar-refractivity contribution in [3.05, 3.63) is 0 Å². The van der Waals surface area contributed by atoms with Crippen LogP contribution in [0.25, 0.3) is 0 Å². The molecule has 1 unspecified atom stereocenters. The van der Waals surface area contributed by atoms with Crippen LogP contribution in [-0.2, 0) is 14.9 Å². The second-order valence-electron chi connectivity index (χ2n) is 3.79. The van der Waals surface area contributed by atoms with Gasteiger partial charge in [0.05, 0.1) is 0 Å². The molecule has 0 aromatic rings. The molecule has 0 aromatic heterocycles. The summed E-state index contributed by atoms with van der Waals surface area (Å²) >= 11 is 0. The largest absolute Gasteiger partial charge is 0.373 e. The van der Waals surface area contributed by atoms with E-state index in [2.05, 4.69) is 4.74 Å². The van der Waals surface area contributed by atoms with Crippen molar-refractivity contribution < 1.29 is 48.4 Å². The molecule has 0 aliphatic rings. The summed E-state index contributed by atoms with van der Waals surface area (Å²) < 4.78 is 122. The van der Waals surface area contributed by atoms with Gasteiger partial charge in [-0.2, -0.15) is 30.4 Å². The second-order valence-corrected chi connectivity index (χ2v) is 5.19. The highest BCUT2D eigenvalue weighted by molar-refractivity contribution is 7.85. The van der Waals surface area contributed by atoms with Crippen molar-refractivity contribution in [2.45, 2.75) is 37.5 Å². The molecule has 0 bridgehead atoms. The zero-order chi connectivity index (χ0) is 15.9. The summed E-state index contributed by atoms with van der Waals surface area (Å²) in [4.78, 5) is 0. The Morgan fingerprint density at radius 3 is 1.53 bits per heavy atom. The van der Waals surface area contributed by atoms with Gasteiger partial charge in [0.2, 0.25) is 0 Å². The van der Waals surface area contributed by atoms with E-state index in [4.69, 9.17) is 4.55 Å². The SMILES string of the molecule is CC(F)(F)C(F)(F)C(F)(OCS(=O)(=O)O)C(C)(F)F. The third kappa shape index (κ3) is 3.69. The molecule has 0 aliphatic heterocycles. The van der Waals surface area contributed by atoms with Crippen molar-refractivity contribution in [1.29, 1.82) is 0 Å². The molecular formula is C7H9F7O4S. The zero-order valence-electron chi connectivity index (χ0n) is 9.43. The summed E-state index contributed by atoms with van der Waals surface area (Å²) in [5, 5.41) is 0. The molecule has 0 spiro atoms. The van der Waals surface area contributed by atoms with Crippen LogP contribution in [0.5, 0.6) is 0 Å². The number of hydrogen-bond donors (Lipinski definition) is 1. The molecule has 12 heteroatoms. The molecule has 0 saturated heterocycles. The molecule has 0 amide bonds. The molecule has 0 aliphatic carbocycles. The Labute approximate surface area is 103 Å². The standard InChI is InChI=1S/C7H9F7O4S/c1-4(8,9)6(12,13)7(14,5(2,10)11)18-3-19(15,16)17/h3H2,1-2H3,(H,15,16,17). The summed E-state index contributed by atoms with van der Waals surface area (Å²) in [5.74, 6) is -24.5. The Hall–Kier alpha value is -0.620. The van der Waals surface area contributed by atoms with Gasteiger partial charge in [-0.3, -0.25) is 4.55 Å². The Morgan fingerprint density at radius 2 is 1.32 bits per heavy atom. The van der Waals surface area contributed by atoms with Gasteiger partial charge >= 0.3 is 23.6 Å². The maximum absolute atomic E-state index is 13.5. The fraction of sp³-hybridized carbons (Fsp3) is 1.00. The van der Waals surface area contributed by atoms with E-state index in [0.29, 0.717) is 0 Å². The van der Waals surface area contributed by atoms with Crippen molar-refractivity contribution in [2.24, 2.45) is 0 Å². The number of ether oxygens (including phenoxy) is 1. The van der Waals surface area contributed by atoms with Crippen molar-refractivity contribution in [1.82, 2.24) is 0 Å². The fourth-order valence-electron chi connectivity index (χ4n) is 0.931. The minimum atomic E-state index is -6.05. The molecule has 0 radical (unpaired) electrons. The molecule has 1 atom stereocenters. The van der Waals surface area contributed by atoms with Crippen molar-refractivity contribution >= 4 is 10.1 Å². The third-order valence-corrected chi connectivity index (χ3v) is 2.34. The fourth-order valence-corrected chi connectivity index (χ4v) is 1.24. The van der Waals surface area contributed by atoms with E-state index >= 15 is 0 Å². The van der Waals surface area contributed by atoms with Gasteiger partial charge in [0.1, 0.15) is 0 Å². The van der Waals surface area contributed by atoms with Crippen LogP contribution in [-0.4, -0.2) is 42.5 Å². The monoisotopic (exact) mass is 322 g/mol. The predicted octanol–water partition coefficient (Wildman–Crippen LogP) is 2.46. The lowest BCUT2D eigenvalue weighted by atomic mass is 9.99. The quantitative estimate of drug-likeness (QED) is 0.603. The molecule has 0 heterocycles. The summed E-state index contributed by atoms with van der Waals surface area (Å²) in [6.07, 6.45) is 0. The predicted molar refractivity (Wildman–Crippen MR) is 47.5 cm³/mol. The first-order chi connectivity index (χ1) is 7.96. The smallest absolute Gasteiger partial charge is 0.317 e. The highest BCUT2D eigenvalue weighted by atomic mass is 32.2. The maximum atomic E-state index is 13.5. The Balaban J connectivity index is 5.70. The number of rotatable bonds is 6. The molecule has 116 valence electrons. The van der Waals surface area contributed by atoms with E-state index in [-0.39, 0.29) is 0 Å². The van der Waals surface area contributed by atoms with Crippen LogP contribution in [0.2, 0.25) is 0 Å². The highest BCUT2D eigenvalue weighted by Crippen LogP contribution is 2.51. The zero-order valence-corrected chi connectivity index (χ0v) is 10.2. The van der Waals surface area contributed by atoms with Gasteiger partial charge in [0.25, 0.3) is 10.1 Å². The summed E-state index contributed by atoms with van der Waals surface area (Å²) in [6, 6.07) is 0. The van der Waals surface area contributed by atoms with Gasteiger partial charge in [0, 0.05) is 13.8 Å². The molecule has 0 aromatic carbocycles. The molecular weight excluding hydrogens is 313 g/mol. The number of halogens is 7. The van der Waals surface area contributed by atoms with Crippen molar-refractivity contribution in [3.8, 4) is 0 Å². The van der Waals surface area contributed by atoms with Crippen LogP contribution in [0.4, 0.5) is 30.7 Å². The maximum Gasteiger partial charge on any atom is 0.373 e. The first-order valence-electron chi connectivity index (χ1n) is 4.37. The van der Waals surface area contributed by atoms with Crippen LogP contribution in [0.1, 0.15) is 13.8 Å². The Morgan fingerprint density at radius 1 is 0.947 bits per heavy atom. The number of hydrogen-bond acceptors (Lipinski definition) is 3. The second kappa shape index (κ2) is 4.74. The lowest BCUT2D eigenvalue weighted by Crippen LogP contribution is -2.64. The van der Waals surface area contributed by atoms with Crippen LogP contribution in [0.15, 0.2) is 0 Å². The van der Waals surface area contributed by atoms with Gasteiger partial charge in [-0.05, 0) is 0 Å². The van der Waals surface area contributed by atoms with Gasteiger partial charge in [-0.25, -0.2) is 8.78 Å². The van der Waals surface area contributed by atoms with E-state index in [0.717, 1.165) is 0 Å². The third-order valence-electron chi connectivity index (χ3n) is 1.93. The van der Waals surface area contributed by atoms with Crippen molar-refractivity contribution in [2.75, 3.05) is 5.94 Å². The molecule has 19 heavy (non-hydrogen) atoms. The van der Waals surface area contributed by atoms with Gasteiger partial charge < -0.3 is 4.74 Å². The molecule has 0 saturated carbocycles. The van der Waals surface area contributed by atoms with Gasteiger partial charge in [-0.15, -0.1) is 0 Å². The minimum Gasteiger partial charge on any atom is -0.317 e. The summed E-state index contributed by atoms with van der Waals surface area (Å²) in [6.45, 7) is -1.06. The normalized spacial score (nSPS) is 18.2. The van der Waals surface area contributed by atoms with Crippen LogP contribution in [0.3, 0.4) is 0 Å². The van der Waals surface area contributed by atoms with Crippen LogP contribution in [0, 0.1) is 0 Å². The van der Waals surface area contributed by atoms with E-state index < -0.39 is 53.5 Å². The number of alkyl halides is 7. The Bertz CT molecular complexity index is 424. The first-order valence-corrected chi connectivity index (χ1v) is 5.98. The van der Waals surface area contributed by atoms with Crippen LogP contribution >= 0.6 is 0 Å². The lowest BCUT2D eigenvalue weighted by Gasteiger charge is -2.38. The van der Waals surface area contributed by atoms with E-state index in [9.17, 15) is 39.2 Å². The minimum absolute atomic E-state index is 0.503. The van der Waals surface area contributed by atoms with E-state index in [1.165, 1.54) is 0 Å². The molecule has 0 rings (SSSR count). The molecule has 1 N–H and O–H groups in total. The van der Waals surface area contributed by atoms with E-state index in [1.54, 1.807) is 0 Å². The van der Waals surface area contributed by atoms with Crippen LogP contribution < -0.4 is 0 Å². The highest BCUT2D eigenvalue weighted by Gasteiger charge is 2.77. The topological polar surface area (TPSA) is 63.6 Å². The molecule has 0 fully saturated rings. The van der Waals surface area contributed by atoms with E-state index in [1.807, 2.05) is 0 Å². The molecule has 4 nitrogen and oxygen atoms in total. The average Bonchev–Trinajstić information content (AvgIpc) is 2.08. The average molecular weight is 322 g/mol. The van der Waals surface area contributed by atoms with Gasteiger partial charge in [-0.1, -0.05) is 0 Å². The summed E-state index contributed by atoms with van der Waals surface area (Å²) in [5.41, 5.74) is 0. The lowest BCUT2D eigenvalue weighted by molar-refractivity contribution is -0.395. The summed E-state index contributed by atoms with van der Waals surface area (Å²) in [7, 11) is -5.30. The first kappa shape index (κ1) is 18.4. The van der Waals surface area contributed by atoms with Gasteiger partial charge in [0.15, 0.2) is 5.94 Å². The van der Waals surface area contributed by atoms with Crippen molar-refractivity contribution in [3.63, 3.8) is 0 Å².